The first kappa shape index (κ1) is 14.3. The molecule has 6 heteroatoms. The van der Waals surface area contributed by atoms with E-state index in [-0.39, 0.29) is 12.1 Å². The van der Waals surface area contributed by atoms with E-state index >= 15 is 0 Å². The maximum Gasteiger partial charge on any atom is 0.340 e. The lowest BCUT2D eigenvalue weighted by molar-refractivity contribution is 0.0600. The smallest absolute Gasteiger partial charge is 0.340 e. The highest BCUT2D eigenvalue weighted by atomic mass is 79.9. The van der Waals surface area contributed by atoms with Crippen molar-refractivity contribution in [1.29, 1.82) is 0 Å². The highest BCUT2D eigenvalue weighted by molar-refractivity contribution is 9.10. The number of hydrogen-bond acceptors (Lipinski definition) is 4. The van der Waals surface area contributed by atoms with Crippen LogP contribution in [-0.2, 0) is 11.3 Å². The molecule has 20 heavy (non-hydrogen) atoms. The second-order valence-corrected chi connectivity index (χ2v) is 5.10. The van der Waals surface area contributed by atoms with Crippen molar-refractivity contribution in [2.24, 2.45) is 0 Å². The third kappa shape index (κ3) is 2.91. The molecule has 1 heterocycles. The summed E-state index contributed by atoms with van der Waals surface area (Å²) in [4.78, 5) is 23.6. The van der Waals surface area contributed by atoms with Gasteiger partial charge in [-0.25, -0.2) is 4.79 Å². The van der Waals surface area contributed by atoms with Gasteiger partial charge in [0.15, 0.2) is 0 Å². The van der Waals surface area contributed by atoms with Crippen molar-refractivity contribution in [1.82, 2.24) is 4.57 Å². The summed E-state index contributed by atoms with van der Waals surface area (Å²) in [5, 5.41) is 0. The molecule has 2 N–H and O–H groups in total. The predicted octanol–water partition coefficient (Wildman–Crippen LogP) is 2.03. The molecule has 0 saturated carbocycles. The Morgan fingerprint density at radius 2 is 2.10 bits per heavy atom. The average molecular weight is 337 g/mol. The minimum absolute atomic E-state index is 0.161. The van der Waals surface area contributed by atoms with Crippen LogP contribution in [0, 0.1) is 0 Å². The third-order valence-corrected chi connectivity index (χ3v) is 3.33. The number of nitrogens with two attached hydrogens (primary N) is 1. The second kappa shape index (κ2) is 5.92. The van der Waals surface area contributed by atoms with Gasteiger partial charge in [0, 0.05) is 22.4 Å². The van der Waals surface area contributed by atoms with E-state index in [1.807, 2.05) is 0 Å². The number of nitrogen functional groups attached to an aromatic ring is 1. The summed E-state index contributed by atoms with van der Waals surface area (Å²) in [6, 6.07) is 8.23. The van der Waals surface area contributed by atoms with E-state index in [2.05, 4.69) is 15.9 Å². The third-order valence-electron chi connectivity index (χ3n) is 2.86. The van der Waals surface area contributed by atoms with E-state index in [0.717, 1.165) is 4.47 Å². The van der Waals surface area contributed by atoms with Crippen molar-refractivity contribution in [2.75, 3.05) is 12.8 Å². The van der Waals surface area contributed by atoms with Gasteiger partial charge < -0.3 is 15.0 Å². The zero-order chi connectivity index (χ0) is 14.7. The number of rotatable bonds is 3. The predicted molar refractivity (Wildman–Crippen MR) is 79.7 cm³/mol. The standard InChI is InChI=1S/C14H13BrN2O3/c1-20-14(19)13-9(3-2-4-11(13)16)7-17-8-10(15)5-6-12(17)18/h2-6,8H,7,16H2,1H3. The summed E-state index contributed by atoms with van der Waals surface area (Å²) in [6.45, 7) is 0.244. The molecule has 104 valence electrons. The van der Waals surface area contributed by atoms with E-state index in [4.69, 9.17) is 10.5 Å². The highest BCUT2D eigenvalue weighted by Crippen LogP contribution is 2.19. The van der Waals surface area contributed by atoms with Crippen molar-refractivity contribution in [3.63, 3.8) is 0 Å². The van der Waals surface area contributed by atoms with Gasteiger partial charge in [-0.3, -0.25) is 4.79 Å². The van der Waals surface area contributed by atoms with Crippen LogP contribution >= 0.6 is 15.9 Å². The first-order chi connectivity index (χ1) is 9.52. The minimum atomic E-state index is -0.513. The fourth-order valence-electron chi connectivity index (χ4n) is 1.91. The minimum Gasteiger partial charge on any atom is -0.465 e. The van der Waals surface area contributed by atoms with Crippen LogP contribution in [0.1, 0.15) is 15.9 Å². The Morgan fingerprint density at radius 3 is 2.80 bits per heavy atom. The molecule has 0 unspecified atom stereocenters. The number of aromatic nitrogens is 1. The van der Waals surface area contributed by atoms with Gasteiger partial charge in [0.2, 0.25) is 0 Å². The molecular weight excluding hydrogens is 324 g/mol. The van der Waals surface area contributed by atoms with Gasteiger partial charge in [-0.1, -0.05) is 12.1 Å². The molecular formula is C14H13BrN2O3. The van der Waals surface area contributed by atoms with Crippen LogP contribution < -0.4 is 11.3 Å². The molecule has 0 aliphatic heterocycles. The van der Waals surface area contributed by atoms with E-state index in [0.29, 0.717) is 16.8 Å². The lowest BCUT2D eigenvalue weighted by Gasteiger charge is -2.12. The Balaban J connectivity index is 2.49. The Bertz CT molecular complexity index is 710. The van der Waals surface area contributed by atoms with E-state index in [1.54, 1.807) is 30.5 Å². The lowest BCUT2D eigenvalue weighted by Crippen LogP contribution is -2.21. The average Bonchev–Trinajstić information content (AvgIpc) is 2.42. The molecule has 0 aliphatic rings. The van der Waals surface area contributed by atoms with Crippen molar-refractivity contribution in [3.8, 4) is 0 Å². The molecule has 0 bridgehead atoms. The number of anilines is 1. The first-order valence-corrected chi connectivity index (χ1v) is 6.64. The summed E-state index contributed by atoms with van der Waals surface area (Å²) < 4.78 is 7.00. The zero-order valence-electron chi connectivity index (χ0n) is 10.8. The largest absolute Gasteiger partial charge is 0.465 e. The summed E-state index contributed by atoms with van der Waals surface area (Å²) in [7, 11) is 1.30. The van der Waals surface area contributed by atoms with E-state index in [9.17, 15) is 9.59 Å². The highest BCUT2D eigenvalue weighted by Gasteiger charge is 2.15. The first-order valence-electron chi connectivity index (χ1n) is 5.84. The molecule has 1 aromatic heterocycles. The lowest BCUT2D eigenvalue weighted by atomic mass is 10.1. The molecule has 0 atom stereocenters. The van der Waals surface area contributed by atoms with Gasteiger partial charge in [-0.2, -0.15) is 0 Å². The van der Waals surface area contributed by atoms with Crippen molar-refractivity contribution < 1.29 is 9.53 Å². The molecule has 0 aliphatic carbocycles. The van der Waals surface area contributed by atoms with Gasteiger partial charge in [-0.15, -0.1) is 0 Å². The second-order valence-electron chi connectivity index (χ2n) is 4.19. The Labute approximate surface area is 124 Å². The molecule has 2 aromatic rings. The maximum atomic E-state index is 11.8. The maximum absolute atomic E-state index is 11.8. The monoisotopic (exact) mass is 336 g/mol. The van der Waals surface area contributed by atoms with E-state index in [1.165, 1.54) is 17.7 Å². The van der Waals surface area contributed by atoms with Crippen LogP contribution in [-0.4, -0.2) is 17.6 Å². The van der Waals surface area contributed by atoms with Crippen LogP contribution in [0.25, 0.3) is 0 Å². The van der Waals surface area contributed by atoms with Gasteiger partial charge in [-0.05, 0) is 33.6 Å². The Kier molecular flexibility index (Phi) is 4.24. The van der Waals surface area contributed by atoms with Crippen molar-refractivity contribution in [2.45, 2.75) is 6.54 Å². The molecule has 0 saturated heterocycles. The number of nitrogens with zero attached hydrogens (tertiary/aromatic N) is 1. The summed E-state index contributed by atoms with van der Waals surface area (Å²) >= 11 is 3.31. The Hall–Kier alpha value is -2.08. The fourth-order valence-corrected chi connectivity index (χ4v) is 2.29. The molecule has 0 fully saturated rings. The van der Waals surface area contributed by atoms with Crippen LogP contribution in [0.3, 0.4) is 0 Å². The molecule has 2 rings (SSSR count). The number of halogens is 1. The number of benzene rings is 1. The topological polar surface area (TPSA) is 74.3 Å². The quantitative estimate of drug-likeness (QED) is 0.687. The SMILES string of the molecule is COC(=O)c1c(N)cccc1Cn1cc(Br)ccc1=O. The summed E-state index contributed by atoms with van der Waals surface area (Å²) in [5.74, 6) is -0.513. The normalized spacial score (nSPS) is 10.3. The fraction of sp³-hybridized carbons (Fsp3) is 0.143. The number of carbonyl (C=O) groups excluding carboxylic acids is 1. The molecule has 0 radical (unpaired) electrons. The van der Waals surface area contributed by atoms with Gasteiger partial charge in [0.25, 0.3) is 5.56 Å². The van der Waals surface area contributed by atoms with Crippen LogP contribution in [0.2, 0.25) is 0 Å². The molecule has 0 amide bonds. The summed E-state index contributed by atoms with van der Waals surface area (Å²) in [6.07, 6.45) is 1.66. The number of carbonyl (C=O) groups is 1. The molecule has 1 aromatic carbocycles. The van der Waals surface area contributed by atoms with Crippen LogP contribution in [0.5, 0.6) is 0 Å². The number of pyridine rings is 1. The van der Waals surface area contributed by atoms with Crippen molar-refractivity contribution >= 4 is 27.6 Å². The van der Waals surface area contributed by atoms with Crippen molar-refractivity contribution in [3.05, 3.63) is 62.5 Å². The molecule has 0 spiro atoms. The Morgan fingerprint density at radius 1 is 1.35 bits per heavy atom. The molecule has 5 nitrogen and oxygen atoms in total. The number of methoxy groups -OCH3 is 1. The van der Waals surface area contributed by atoms with Crippen LogP contribution in [0.15, 0.2) is 45.8 Å². The number of hydrogen-bond donors (Lipinski definition) is 1. The summed E-state index contributed by atoms with van der Waals surface area (Å²) in [5.41, 5.74) is 6.92. The van der Waals surface area contributed by atoms with Gasteiger partial charge in [0.1, 0.15) is 0 Å². The number of esters is 1. The van der Waals surface area contributed by atoms with E-state index < -0.39 is 5.97 Å². The zero-order valence-corrected chi connectivity index (χ0v) is 12.4. The number of ether oxygens (including phenoxy) is 1. The van der Waals surface area contributed by atoms with Gasteiger partial charge in [0.05, 0.1) is 19.2 Å². The van der Waals surface area contributed by atoms with Gasteiger partial charge >= 0.3 is 5.97 Å². The van der Waals surface area contributed by atoms with Crippen LogP contribution in [0.4, 0.5) is 5.69 Å².